The van der Waals surface area contributed by atoms with Crippen molar-refractivity contribution in [2.24, 2.45) is 0 Å². The monoisotopic (exact) mass is 583 g/mol. The van der Waals surface area contributed by atoms with E-state index < -0.39 is 16.1 Å². The molecule has 1 aliphatic carbocycles. The fraction of sp³-hybridized carbons (Fsp3) is 0.481. The van der Waals surface area contributed by atoms with Crippen LogP contribution in [0.25, 0.3) is 0 Å². The molecule has 0 saturated heterocycles. The molecule has 1 saturated carbocycles. The van der Waals surface area contributed by atoms with Crippen molar-refractivity contribution in [3.63, 3.8) is 0 Å². The number of carbonyl (C=O) groups is 2. The second-order valence-electron chi connectivity index (χ2n) is 9.56. The van der Waals surface area contributed by atoms with E-state index in [1.165, 1.54) is 16.3 Å². The van der Waals surface area contributed by atoms with Gasteiger partial charge in [0.15, 0.2) is 0 Å². The first-order valence-electron chi connectivity index (χ1n) is 12.6. The van der Waals surface area contributed by atoms with Crippen LogP contribution in [0.4, 0.5) is 5.69 Å². The topological polar surface area (TPSA) is 96.0 Å². The quantitative estimate of drug-likeness (QED) is 0.378. The summed E-state index contributed by atoms with van der Waals surface area (Å²) in [6, 6.07) is 11.1. The van der Waals surface area contributed by atoms with Crippen molar-refractivity contribution in [3.05, 3.63) is 58.1 Å². The normalized spacial score (nSPS) is 14.7. The van der Waals surface area contributed by atoms with Crippen LogP contribution >= 0.6 is 23.2 Å². The lowest BCUT2D eigenvalue weighted by molar-refractivity contribution is -0.140. The Labute approximate surface area is 235 Å². The molecule has 2 aromatic rings. The third-order valence-electron chi connectivity index (χ3n) is 6.74. The highest BCUT2D eigenvalue weighted by Gasteiger charge is 2.29. The summed E-state index contributed by atoms with van der Waals surface area (Å²) in [7, 11) is -2.05. The minimum absolute atomic E-state index is 0.0500. The van der Waals surface area contributed by atoms with Gasteiger partial charge in [-0.1, -0.05) is 42.1 Å². The molecule has 1 fully saturated rings. The maximum absolute atomic E-state index is 13.5. The van der Waals surface area contributed by atoms with Gasteiger partial charge < -0.3 is 15.0 Å². The second-order valence-corrected chi connectivity index (χ2v) is 12.3. The molecule has 2 aromatic carbocycles. The van der Waals surface area contributed by atoms with Crippen molar-refractivity contribution in [2.45, 2.75) is 64.1 Å². The van der Waals surface area contributed by atoms with Gasteiger partial charge in [0, 0.05) is 35.6 Å². The molecular weight excluding hydrogens is 549 g/mol. The maximum Gasteiger partial charge on any atom is 0.242 e. The van der Waals surface area contributed by atoms with Crippen LogP contribution < -0.4 is 14.4 Å². The Hall–Kier alpha value is -2.49. The van der Waals surface area contributed by atoms with Crippen LogP contribution in [0, 0.1) is 0 Å². The lowest BCUT2D eigenvalue weighted by Gasteiger charge is -2.30. The van der Waals surface area contributed by atoms with Gasteiger partial charge >= 0.3 is 0 Å². The van der Waals surface area contributed by atoms with E-state index in [0.717, 1.165) is 31.9 Å². The number of anilines is 1. The first-order chi connectivity index (χ1) is 18.0. The number of hydrogen-bond donors (Lipinski definition) is 1. The summed E-state index contributed by atoms with van der Waals surface area (Å²) < 4.78 is 31.4. The Morgan fingerprint density at radius 1 is 1.11 bits per heavy atom. The SMILES string of the molecule is COc1ccc(N(CCCC(=O)N(Cc2ccc(Cl)cc2Cl)[C@@H](C)C(=O)NC2CCCC2)S(C)(=O)=O)cc1. The fourth-order valence-electron chi connectivity index (χ4n) is 4.56. The zero-order valence-corrected chi connectivity index (χ0v) is 24.3. The lowest BCUT2D eigenvalue weighted by atomic mass is 10.1. The number of nitrogens with zero attached hydrogens (tertiary/aromatic N) is 2. The first-order valence-corrected chi connectivity index (χ1v) is 15.3. The minimum atomic E-state index is -3.58. The number of sulfonamides is 1. The van der Waals surface area contributed by atoms with E-state index in [4.69, 9.17) is 27.9 Å². The molecule has 1 atom stereocenters. The van der Waals surface area contributed by atoms with Crippen molar-refractivity contribution in [1.29, 1.82) is 0 Å². The predicted octanol–water partition coefficient (Wildman–Crippen LogP) is 5.02. The Bertz CT molecular complexity index is 1220. The third-order valence-corrected chi connectivity index (χ3v) is 8.52. The van der Waals surface area contributed by atoms with Gasteiger partial charge in [-0.2, -0.15) is 0 Å². The molecule has 0 bridgehead atoms. The highest BCUT2D eigenvalue weighted by molar-refractivity contribution is 7.92. The molecule has 1 N–H and O–H groups in total. The van der Waals surface area contributed by atoms with Gasteiger partial charge in [-0.3, -0.25) is 13.9 Å². The Balaban J connectivity index is 1.73. The van der Waals surface area contributed by atoms with E-state index in [1.807, 2.05) is 0 Å². The van der Waals surface area contributed by atoms with Gasteiger partial charge in [-0.25, -0.2) is 8.42 Å². The zero-order valence-electron chi connectivity index (χ0n) is 22.0. The van der Waals surface area contributed by atoms with Gasteiger partial charge in [-0.05, 0) is 68.1 Å². The molecule has 8 nitrogen and oxygen atoms in total. The molecule has 0 radical (unpaired) electrons. The molecule has 11 heteroatoms. The van der Waals surface area contributed by atoms with Crippen molar-refractivity contribution in [1.82, 2.24) is 10.2 Å². The molecule has 0 aliphatic heterocycles. The molecular formula is C27H35Cl2N3O5S. The highest BCUT2D eigenvalue weighted by Crippen LogP contribution is 2.25. The lowest BCUT2D eigenvalue weighted by Crippen LogP contribution is -2.49. The maximum atomic E-state index is 13.5. The number of benzene rings is 2. The van der Waals surface area contributed by atoms with Crippen LogP contribution in [-0.2, 0) is 26.2 Å². The average Bonchev–Trinajstić information content (AvgIpc) is 3.38. The van der Waals surface area contributed by atoms with Crippen LogP contribution in [0.15, 0.2) is 42.5 Å². The predicted molar refractivity (Wildman–Crippen MR) is 151 cm³/mol. The molecule has 0 aromatic heterocycles. The molecule has 208 valence electrons. The van der Waals surface area contributed by atoms with Gasteiger partial charge in [0.1, 0.15) is 11.8 Å². The summed E-state index contributed by atoms with van der Waals surface area (Å²) in [5.41, 5.74) is 1.15. The van der Waals surface area contributed by atoms with E-state index in [0.29, 0.717) is 27.0 Å². The summed E-state index contributed by atoms with van der Waals surface area (Å²) in [5.74, 6) is 0.123. The van der Waals surface area contributed by atoms with Crippen LogP contribution in [0.1, 0.15) is 51.0 Å². The summed E-state index contributed by atoms with van der Waals surface area (Å²) in [4.78, 5) is 28.0. The van der Waals surface area contributed by atoms with Crippen molar-refractivity contribution >= 4 is 50.7 Å². The van der Waals surface area contributed by atoms with Crippen LogP contribution in [0.2, 0.25) is 10.0 Å². The van der Waals surface area contributed by atoms with E-state index in [-0.39, 0.29) is 43.8 Å². The zero-order chi connectivity index (χ0) is 27.9. The fourth-order valence-corrected chi connectivity index (χ4v) is 5.99. The summed E-state index contributed by atoms with van der Waals surface area (Å²) in [6.45, 7) is 1.93. The van der Waals surface area contributed by atoms with Crippen molar-refractivity contribution in [2.75, 3.05) is 24.2 Å². The number of methoxy groups -OCH3 is 1. The Morgan fingerprint density at radius 2 is 1.76 bits per heavy atom. The van der Waals surface area contributed by atoms with Crippen molar-refractivity contribution in [3.8, 4) is 5.75 Å². The van der Waals surface area contributed by atoms with E-state index >= 15 is 0 Å². The number of amides is 2. The van der Waals surface area contributed by atoms with Crippen LogP contribution in [-0.4, -0.2) is 57.1 Å². The molecule has 0 spiro atoms. The van der Waals surface area contributed by atoms with Crippen LogP contribution in [0.5, 0.6) is 5.75 Å². The molecule has 0 heterocycles. The van der Waals surface area contributed by atoms with E-state index in [1.54, 1.807) is 49.4 Å². The minimum Gasteiger partial charge on any atom is -0.497 e. The van der Waals surface area contributed by atoms with Crippen molar-refractivity contribution < 1.29 is 22.7 Å². The molecule has 38 heavy (non-hydrogen) atoms. The Kier molecular flexibility index (Phi) is 10.7. The van der Waals surface area contributed by atoms with Gasteiger partial charge in [0.25, 0.3) is 0 Å². The Morgan fingerprint density at radius 3 is 2.34 bits per heavy atom. The smallest absolute Gasteiger partial charge is 0.242 e. The number of nitrogens with one attached hydrogen (secondary N) is 1. The largest absolute Gasteiger partial charge is 0.497 e. The van der Waals surface area contributed by atoms with Crippen LogP contribution in [0.3, 0.4) is 0 Å². The third kappa shape index (κ3) is 8.25. The highest BCUT2D eigenvalue weighted by atomic mass is 35.5. The molecule has 1 aliphatic rings. The van der Waals surface area contributed by atoms with Gasteiger partial charge in [-0.15, -0.1) is 0 Å². The molecule has 2 amide bonds. The standard InChI is InChI=1S/C27H35Cl2N3O5S/c1-19(27(34)30-22-7-4-5-8-22)31(18-20-10-11-21(28)17-25(20)29)26(33)9-6-16-32(38(3,35)36)23-12-14-24(37-2)15-13-23/h10-15,17,19,22H,4-9,16,18H2,1-3H3,(H,30,34)/t19-/m0/s1. The number of rotatable bonds is 12. The van der Waals surface area contributed by atoms with Gasteiger partial charge in [0.2, 0.25) is 21.8 Å². The van der Waals surface area contributed by atoms with E-state index in [2.05, 4.69) is 5.32 Å². The average molecular weight is 585 g/mol. The number of ether oxygens (including phenoxy) is 1. The second kappa shape index (κ2) is 13.5. The van der Waals surface area contributed by atoms with Gasteiger partial charge in [0.05, 0.1) is 19.1 Å². The first kappa shape index (κ1) is 30.1. The number of hydrogen-bond acceptors (Lipinski definition) is 5. The van der Waals surface area contributed by atoms with E-state index in [9.17, 15) is 18.0 Å². The molecule has 3 rings (SSSR count). The summed E-state index contributed by atoms with van der Waals surface area (Å²) in [5, 5.41) is 3.94. The molecule has 0 unspecified atom stereocenters. The number of halogens is 2. The number of carbonyl (C=O) groups excluding carboxylic acids is 2. The summed E-state index contributed by atoms with van der Waals surface area (Å²) in [6.07, 6.45) is 5.46. The summed E-state index contributed by atoms with van der Waals surface area (Å²) >= 11 is 12.4.